The zero-order chi connectivity index (χ0) is 15.6. The third kappa shape index (κ3) is 3.48. The number of nitro groups is 1. The predicted octanol–water partition coefficient (Wildman–Crippen LogP) is 4.20. The topological polar surface area (TPSA) is 78.4 Å². The van der Waals surface area contributed by atoms with Gasteiger partial charge in [0.2, 0.25) is 0 Å². The molecule has 0 saturated carbocycles. The first kappa shape index (κ1) is 15.2. The third-order valence-electron chi connectivity index (χ3n) is 2.83. The van der Waals surface area contributed by atoms with E-state index in [1.54, 1.807) is 13.0 Å². The van der Waals surface area contributed by atoms with Crippen molar-refractivity contribution in [1.82, 2.24) is 0 Å². The van der Waals surface area contributed by atoms with Crippen molar-refractivity contribution in [3.8, 4) is 11.5 Å². The van der Waals surface area contributed by atoms with Crippen LogP contribution < -0.4 is 10.5 Å². The van der Waals surface area contributed by atoms with Gasteiger partial charge in [-0.05, 0) is 30.7 Å². The lowest BCUT2D eigenvalue weighted by Gasteiger charge is -2.10. The number of halogens is 2. The first-order valence-electron chi connectivity index (χ1n) is 6.05. The van der Waals surface area contributed by atoms with Gasteiger partial charge in [0, 0.05) is 18.2 Å². The molecule has 0 radical (unpaired) electrons. The Morgan fingerprint density at radius 3 is 2.57 bits per heavy atom. The monoisotopic (exact) mass is 310 g/mol. The average Bonchev–Trinajstić information content (AvgIpc) is 2.40. The molecule has 7 heteroatoms. The van der Waals surface area contributed by atoms with Crippen molar-refractivity contribution in [2.24, 2.45) is 5.73 Å². The lowest BCUT2D eigenvalue weighted by atomic mass is 10.1. The van der Waals surface area contributed by atoms with Crippen LogP contribution in [0.25, 0.3) is 0 Å². The Balaban J connectivity index is 2.26. The molecule has 110 valence electrons. The van der Waals surface area contributed by atoms with Crippen molar-refractivity contribution >= 4 is 17.3 Å². The molecular weight excluding hydrogens is 299 g/mol. The molecule has 2 aromatic rings. The molecule has 1 atom stereocenters. The Morgan fingerprint density at radius 2 is 2.05 bits per heavy atom. The molecule has 2 aromatic carbocycles. The van der Waals surface area contributed by atoms with Crippen LogP contribution in [-0.2, 0) is 0 Å². The number of nitrogens with zero attached hydrogens (tertiary/aromatic N) is 1. The van der Waals surface area contributed by atoms with Crippen LogP contribution in [0.2, 0.25) is 5.02 Å². The minimum atomic E-state index is -0.607. The van der Waals surface area contributed by atoms with Gasteiger partial charge >= 0.3 is 0 Å². The summed E-state index contributed by atoms with van der Waals surface area (Å²) in [7, 11) is 0. The molecule has 0 saturated heterocycles. The predicted molar refractivity (Wildman–Crippen MR) is 77.2 cm³/mol. The van der Waals surface area contributed by atoms with Gasteiger partial charge in [0.1, 0.15) is 10.8 Å². The zero-order valence-corrected chi connectivity index (χ0v) is 11.8. The van der Waals surface area contributed by atoms with E-state index in [0.717, 1.165) is 0 Å². The van der Waals surface area contributed by atoms with E-state index in [2.05, 4.69) is 0 Å². The number of nitrogens with two attached hydrogens (primary N) is 1. The summed E-state index contributed by atoms with van der Waals surface area (Å²) >= 11 is 5.77. The second-order valence-electron chi connectivity index (χ2n) is 4.45. The normalized spacial score (nSPS) is 12.0. The van der Waals surface area contributed by atoms with Gasteiger partial charge in [0.15, 0.2) is 11.6 Å². The first-order valence-corrected chi connectivity index (χ1v) is 6.43. The van der Waals surface area contributed by atoms with Crippen molar-refractivity contribution in [1.29, 1.82) is 0 Å². The minimum Gasteiger partial charge on any atom is -0.454 e. The molecule has 21 heavy (non-hydrogen) atoms. The highest BCUT2D eigenvalue weighted by Gasteiger charge is 2.14. The first-order chi connectivity index (χ1) is 9.88. The van der Waals surface area contributed by atoms with Gasteiger partial charge in [0.05, 0.1) is 4.92 Å². The van der Waals surface area contributed by atoms with E-state index in [9.17, 15) is 14.5 Å². The Kier molecular flexibility index (Phi) is 4.40. The largest absolute Gasteiger partial charge is 0.454 e. The van der Waals surface area contributed by atoms with E-state index in [-0.39, 0.29) is 28.3 Å². The Hall–Kier alpha value is -2.18. The van der Waals surface area contributed by atoms with Crippen LogP contribution in [0.5, 0.6) is 11.5 Å². The molecule has 0 heterocycles. The van der Waals surface area contributed by atoms with Crippen LogP contribution in [0, 0.1) is 15.9 Å². The van der Waals surface area contributed by atoms with Gasteiger partial charge in [-0.3, -0.25) is 10.1 Å². The van der Waals surface area contributed by atoms with Crippen LogP contribution in [0.3, 0.4) is 0 Å². The van der Waals surface area contributed by atoms with Crippen molar-refractivity contribution < 1.29 is 14.1 Å². The molecule has 5 nitrogen and oxygen atoms in total. The number of hydrogen-bond acceptors (Lipinski definition) is 4. The van der Waals surface area contributed by atoms with Crippen molar-refractivity contribution in [3.63, 3.8) is 0 Å². The lowest BCUT2D eigenvalue weighted by molar-refractivity contribution is -0.384. The molecular formula is C14H12ClFN2O3. The molecule has 0 unspecified atom stereocenters. The Morgan fingerprint density at radius 1 is 1.33 bits per heavy atom. The highest BCUT2D eigenvalue weighted by molar-refractivity contribution is 6.32. The molecule has 0 aliphatic rings. The van der Waals surface area contributed by atoms with E-state index in [4.69, 9.17) is 22.1 Å². The molecule has 0 aliphatic carbocycles. The molecule has 0 bridgehead atoms. The number of hydrogen-bond donors (Lipinski definition) is 1. The fraction of sp³-hybridized carbons (Fsp3) is 0.143. The maximum absolute atomic E-state index is 13.9. The van der Waals surface area contributed by atoms with E-state index in [1.807, 2.05) is 0 Å². The molecule has 0 amide bonds. The van der Waals surface area contributed by atoms with Crippen LogP contribution in [-0.4, -0.2) is 4.92 Å². The summed E-state index contributed by atoms with van der Waals surface area (Å²) in [5.41, 5.74) is 6.06. The summed E-state index contributed by atoms with van der Waals surface area (Å²) in [5, 5.41) is 10.6. The van der Waals surface area contributed by atoms with Gasteiger partial charge in [-0.25, -0.2) is 4.39 Å². The van der Waals surface area contributed by atoms with Gasteiger partial charge in [0.25, 0.3) is 5.69 Å². The fourth-order valence-electron chi connectivity index (χ4n) is 1.71. The van der Waals surface area contributed by atoms with Gasteiger partial charge < -0.3 is 10.5 Å². The SMILES string of the molecule is C[C@@H](N)c1ccc(Oc2ccc([N+](=O)[O-])c(Cl)c2)c(F)c1. The van der Waals surface area contributed by atoms with E-state index in [1.165, 1.54) is 30.3 Å². The standard InChI is InChI=1S/C14H12ClFN2O3/c1-8(17)9-2-5-14(12(16)6-9)21-10-3-4-13(18(19)20)11(15)7-10/h2-8H,17H2,1H3/t8-/m1/s1. The quantitative estimate of drug-likeness (QED) is 0.678. The van der Waals surface area contributed by atoms with E-state index in [0.29, 0.717) is 5.56 Å². The van der Waals surface area contributed by atoms with E-state index >= 15 is 0 Å². The second kappa shape index (κ2) is 6.07. The third-order valence-corrected chi connectivity index (χ3v) is 3.13. The van der Waals surface area contributed by atoms with E-state index < -0.39 is 10.7 Å². The van der Waals surface area contributed by atoms with Gasteiger partial charge in [-0.2, -0.15) is 0 Å². The Bertz CT molecular complexity index is 692. The summed E-state index contributed by atoms with van der Waals surface area (Å²) in [6.45, 7) is 1.74. The second-order valence-corrected chi connectivity index (χ2v) is 4.86. The number of nitro benzene ring substituents is 1. The smallest absolute Gasteiger partial charge is 0.288 e. The zero-order valence-electron chi connectivity index (χ0n) is 11.0. The molecule has 0 aliphatic heterocycles. The number of ether oxygens (including phenoxy) is 1. The molecule has 0 fully saturated rings. The van der Waals surface area contributed by atoms with Crippen LogP contribution >= 0.6 is 11.6 Å². The van der Waals surface area contributed by atoms with Crippen molar-refractivity contribution in [2.75, 3.05) is 0 Å². The maximum atomic E-state index is 13.9. The number of benzene rings is 2. The van der Waals surface area contributed by atoms with Crippen molar-refractivity contribution in [2.45, 2.75) is 13.0 Å². The molecule has 2 rings (SSSR count). The Labute approximate surface area is 125 Å². The molecule has 0 spiro atoms. The highest BCUT2D eigenvalue weighted by Crippen LogP contribution is 2.32. The number of rotatable bonds is 4. The van der Waals surface area contributed by atoms with Crippen LogP contribution in [0.15, 0.2) is 36.4 Å². The van der Waals surface area contributed by atoms with Crippen LogP contribution in [0.1, 0.15) is 18.5 Å². The average molecular weight is 311 g/mol. The van der Waals surface area contributed by atoms with Crippen molar-refractivity contribution in [3.05, 3.63) is 62.9 Å². The summed E-state index contributed by atoms with van der Waals surface area (Å²) in [6, 6.07) is 7.90. The summed E-state index contributed by atoms with van der Waals surface area (Å²) in [6.07, 6.45) is 0. The highest BCUT2D eigenvalue weighted by atomic mass is 35.5. The lowest BCUT2D eigenvalue weighted by Crippen LogP contribution is -2.05. The molecule has 2 N–H and O–H groups in total. The summed E-state index contributed by atoms with van der Waals surface area (Å²) in [4.78, 5) is 10.0. The summed E-state index contributed by atoms with van der Waals surface area (Å²) < 4.78 is 19.2. The van der Waals surface area contributed by atoms with Gasteiger partial charge in [-0.1, -0.05) is 17.7 Å². The summed E-state index contributed by atoms with van der Waals surface area (Å²) in [5.74, 6) is -0.373. The maximum Gasteiger partial charge on any atom is 0.288 e. The van der Waals surface area contributed by atoms with Gasteiger partial charge in [-0.15, -0.1) is 0 Å². The fourth-order valence-corrected chi connectivity index (χ4v) is 1.95. The molecule has 0 aromatic heterocycles. The van der Waals surface area contributed by atoms with Crippen LogP contribution in [0.4, 0.5) is 10.1 Å². The minimum absolute atomic E-state index is 0.00989.